The number of hydrogen-bond donors (Lipinski definition) is 2. The van der Waals surface area contributed by atoms with Crippen LogP contribution in [0.25, 0.3) is 0 Å². The van der Waals surface area contributed by atoms with Crippen LogP contribution in [0.1, 0.15) is 37.8 Å². The van der Waals surface area contributed by atoms with Crippen LogP contribution in [0.2, 0.25) is 0 Å². The second-order valence-corrected chi connectivity index (χ2v) is 7.96. The number of likely N-dealkylation sites (N-methyl/N-ethyl adjacent to an activating group) is 1. The van der Waals surface area contributed by atoms with Crippen molar-refractivity contribution >= 4 is 5.96 Å². The minimum Gasteiger partial charge on any atom is -0.493 e. The van der Waals surface area contributed by atoms with Gasteiger partial charge in [-0.15, -0.1) is 0 Å². The average Bonchev–Trinajstić information content (AvgIpc) is 3.22. The quantitative estimate of drug-likeness (QED) is 0.357. The largest absolute Gasteiger partial charge is 0.493 e. The van der Waals surface area contributed by atoms with E-state index in [-0.39, 0.29) is 0 Å². The molecule has 0 unspecified atom stereocenters. The molecule has 2 N–H and O–H groups in total. The first-order chi connectivity index (χ1) is 14.3. The van der Waals surface area contributed by atoms with E-state index in [1.54, 1.807) is 0 Å². The van der Waals surface area contributed by atoms with Crippen LogP contribution in [0.3, 0.4) is 0 Å². The molecule has 0 bridgehead atoms. The molecule has 0 amide bonds. The van der Waals surface area contributed by atoms with E-state index in [1.807, 2.05) is 0 Å². The topological polar surface area (TPSA) is 52.1 Å². The summed E-state index contributed by atoms with van der Waals surface area (Å²) in [4.78, 5) is 9.89. The second-order valence-electron chi connectivity index (χ2n) is 7.96. The maximum absolute atomic E-state index is 5.59. The van der Waals surface area contributed by atoms with Crippen LogP contribution in [0.5, 0.6) is 5.75 Å². The van der Waals surface area contributed by atoms with Gasteiger partial charge < -0.3 is 25.2 Å². The molecule has 0 aromatic heterocycles. The molecule has 6 nitrogen and oxygen atoms in total. The van der Waals surface area contributed by atoms with E-state index < -0.39 is 0 Å². The summed E-state index contributed by atoms with van der Waals surface area (Å²) in [5, 5.41) is 6.85. The number of aliphatic imine (C=N–C) groups is 1. The Morgan fingerprint density at radius 2 is 1.90 bits per heavy atom. The first kappa shape index (κ1) is 21.9. The van der Waals surface area contributed by atoms with Gasteiger partial charge in [0, 0.05) is 52.2 Å². The molecule has 1 aromatic carbocycles. The maximum Gasteiger partial charge on any atom is 0.191 e. The summed E-state index contributed by atoms with van der Waals surface area (Å²) in [6, 6.07) is 6.57. The predicted octanol–water partition coefficient (Wildman–Crippen LogP) is 2.14. The number of ether oxygens (including phenoxy) is 1. The van der Waals surface area contributed by atoms with Gasteiger partial charge in [-0.05, 0) is 56.5 Å². The molecule has 3 rings (SSSR count). The molecule has 0 spiro atoms. The van der Waals surface area contributed by atoms with Crippen LogP contribution in [0.15, 0.2) is 23.2 Å². The first-order valence-corrected chi connectivity index (χ1v) is 11.5. The molecule has 162 valence electrons. The monoisotopic (exact) mass is 401 g/mol. The number of fused-ring (bicyclic) bond motifs is 1. The average molecular weight is 402 g/mol. The van der Waals surface area contributed by atoms with E-state index in [9.17, 15) is 0 Å². The number of guanidine groups is 1. The SMILES string of the molecule is CCNC(=NCCCCN1CCN(CC)CC1)NCCc1ccc2c(c1)CCO2. The molecule has 0 radical (unpaired) electrons. The van der Waals surface area contributed by atoms with Gasteiger partial charge in [0.25, 0.3) is 0 Å². The van der Waals surface area contributed by atoms with Gasteiger partial charge in [0.2, 0.25) is 0 Å². The predicted molar refractivity (Wildman–Crippen MR) is 121 cm³/mol. The summed E-state index contributed by atoms with van der Waals surface area (Å²) in [7, 11) is 0. The zero-order valence-corrected chi connectivity index (χ0v) is 18.4. The zero-order valence-electron chi connectivity index (χ0n) is 18.4. The molecule has 0 saturated carbocycles. The third-order valence-electron chi connectivity index (χ3n) is 5.87. The lowest BCUT2D eigenvalue weighted by Crippen LogP contribution is -2.46. The van der Waals surface area contributed by atoms with Crippen LogP contribution in [-0.2, 0) is 12.8 Å². The van der Waals surface area contributed by atoms with Crippen LogP contribution in [0.4, 0.5) is 0 Å². The molecular weight excluding hydrogens is 362 g/mol. The Bertz CT molecular complexity index is 640. The highest BCUT2D eigenvalue weighted by Gasteiger charge is 2.14. The fourth-order valence-corrected chi connectivity index (χ4v) is 4.03. The Morgan fingerprint density at radius 1 is 1.07 bits per heavy atom. The van der Waals surface area contributed by atoms with Crippen LogP contribution < -0.4 is 15.4 Å². The van der Waals surface area contributed by atoms with Gasteiger partial charge >= 0.3 is 0 Å². The molecular formula is C23H39N5O. The van der Waals surface area contributed by atoms with Crippen LogP contribution in [-0.4, -0.2) is 81.3 Å². The van der Waals surface area contributed by atoms with Crippen molar-refractivity contribution in [2.45, 2.75) is 39.5 Å². The minimum absolute atomic E-state index is 0.823. The van der Waals surface area contributed by atoms with Crippen molar-refractivity contribution in [2.75, 3.05) is 65.5 Å². The van der Waals surface area contributed by atoms with E-state index in [1.165, 1.54) is 56.8 Å². The van der Waals surface area contributed by atoms with Gasteiger partial charge in [0.15, 0.2) is 5.96 Å². The summed E-state index contributed by atoms with van der Waals surface area (Å²) >= 11 is 0. The van der Waals surface area contributed by atoms with Gasteiger partial charge in [0.05, 0.1) is 6.61 Å². The van der Waals surface area contributed by atoms with Crippen LogP contribution >= 0.6 is 0 Å². The molecule has 2 heterocycles. The maximum atomic E-state index is 5.59. The molecule has 29 heavy (non-hydrogen) atoms. The minimum atomic E-state index is 0.823. The van der Waals surface area contributed by atoms with Crippen molar-refractivity contribution in [1.82, 2.24) is 20.4 Å². The number of benzene rings is 1. The van der Waals surface area contributed by atoms with Crippen molar-refractivity contribution in [1.29, 1.82) is 0 Å². The van der Waals surface area contributed by atoms with E-state index >= 15 is 0 Å². The fraction of sp³-hybridized carbons (Fsp3) is 0.696. The zero-order chi connectivity index (χ0) is 20.3. The van der Waals surface area contributed by atoms with Gasteiger partial charge in [-0.3, -0.25) is 4.99 Å². The number of unbranched alkanes of at least 4 members (excludes halogenated alkanes) is 1. The number of rotatable bonds is 10. The Kier molecular flexibility index (Phi) is 9.09. The second kappa shape index (κ2) is 12.0. The lowest BCUT2D eigenvalue weighted by atomic mass is 10.1. The summed E-state index contributed by atoms with van der Waals surface area (Å²) < 4.78 is 5.59. The molecule has 1 aromatic rings. The summed E-state index contributed by atoms with van der Waals surface area (Å²) in [5.41, 5.74) is 2.71. The standard InChI is InChI=1S/C23H39N5O/c1-3-24-23(25-11-5-6-13-28-16-14-27(4-2)15-17-28)26-12-9-20-7-8-22-21(19-20)10-18-29-22/h7-8,19H,3-6,9-18H2,1-2H3,(H2,24,25,26). The van der Waals surface area contributed by atoms with Crippen molar-refractivity contribution in [3.05, 3.63) is 29.3 Å². The first-order valence-electron chi connectivity index (χ1n) is 11.5. The summed E-state index contributed by atoms with van der Waals surface area (Å²) in [6.07, 6.45) is 4.41. The fourth-order valence-electron chi connectivity index (χ4n) is 4.03. The third kappa shape index (κ3) is 7.19. The van der Waals surface area contributed by atoms with Crippen molar-refractivity contribution < 1.29 is 4.74 Å². The van der Waals surface area contributed by atoms with Crippen molar-refractivity contribution in [3.63, 3.8) is 0 Å². The van der Waals surface area contributed by atoms with E-state index in [4.69, 9.17) is 9.73 Å². The Labute approximate surface area is 176 Å². The van der Waals surface area contributed by atoms with E-state index in [0.29, 0.717) is 0 Å². The lowest BCUT2D eigenvalue weighted by molar-refractivity contribution is 0.136. The van der Waals surface area contributed by atoms with Crippen LogP contribution in [0, 0.1) is 0 Å². The highest BCUT2D eigenvalue weighted by Crippen LogP contribution is 2.25. The summed E-state index contributed by atoms with van der Waals surface area (Å²) in [6.45, 7) is 15.1. The summed E-state index contributed by atoms with van der Waals surface area (Å²) in [5.74, 6) is 2.00. The molecule has 6 heteroatoms. The lowest BCUT2D eigenvalue weighted by Gasteiger charge is -2.33. The van der Waals surface area contributed by atoms with Gasteiger partial charge in [-0.2, -0.15) is 0 Å². The third-order valence-corrected chi connectivity index (χ3v) is 5.87. The number of piperazine rings is 1. The normalized spacial score (nSPS) is 17.8. The molecule has 2 aliphatic rings. The van der Waals surface area contributed by atoms with E-state index in [2.05, 4.69) is 52.5 Å². The number of hydrogen-bond acceptors (Lipinski definition) is 4. The Hall–Kier alpha value is -1.79. The van der Waals surface area contributed by atoms with Crippen molar-refractivity contribution in [3.8, 4) is 5.75 Å². The molecule has 2 aliphatic heterocycles. The van der Waals surface area contributed by atoms with E-state index in [0.717, 1.165) is 57.2 Å². The smallest absolute Gasteiger partial charge is 0.191 e. The van der Waals surface area contributed by atoms with Gasteiger partial charge in [-0.1, -0.05) is 19.1 Å². The van der Waals surface area contributed by atoms with Gasteiger partial charge in [-0.25, -0.2) is 0 Å². The highest BCUT2D eigenvalue weighted by molar-refractivity contribution is 5.79. The Morgan fingerprint density at radius 3 is 2.69 bits per heavy atom. The molecule has 0 aliphatic carbocycles. The van der Waals surface area contributed by atoms with Crippen molar-refractivity contribution in [2.24, 2.45) is 4.99 Å². The number of nitrogens with one attached hydrogen (secondary N) is 2. The van der Waals surface area contributed by atoms with Gasteiger partial charge in [0.1, 0.15) is 5.75 Å². The molecule has 1 fully saturated rings. The highest BCUT2D eigenvalue weighted by atomic mass is 16.5. The number of nitrogens with zero attached hydrogens (tertiary/aromatic N) is 3. The Balaban J connectivity index is 1.32. The molecule has 1 saturated heterocycles. The molecule has 0 atom stereocenters.